The third kappa shape index (κ3) is 2.07. The number of unbranched alkanes of at least 4 members (excludes halogenated alkanes) is 1. The number of hydrogen-bond acceptors (Lipinski definition) is 3. The molecule has 2 bridgehead atoms. The van der Waals surface area contributed by atoms with Crippen molar-refractivity contribution in [3.63, 3.8) is 0 Å². The van der Waals surface area contributed by atoms with Crippen LogP contribution in [-0.2, 0) is 5.60 Å². The zero-order valence-corrected chi connectivity index (χ0v) is 14.8. The molecule has 2 aromatic heterocycles. The third-order valence-electron chi connectivity index (χ3n) is 6.39. The monoisotopic (exact) mass is 322 g/mol. The summed E-state index contributed by atoms with van der Waals surface area (Å²) in [4.78, 5) is 9.35. The van der Waals surface area contributed by atoms with Gasteiger partial charge in [0.15, 0.2) is 0 Å². The van der Waals surface area contributed by atoms with Gasteiger partial charge in [0.1, 0.15) is 5.60 Å². The van der Waals surface area contributed by atoms with E-state index in [0.717, 1.165) is 42.8 Å². The highest BCUT2D eigenvalue weighted by atomic mass is 16.3. The molecule has 1 N–H and O–H groups in total. The van der Waals surface area contributed by atoms with Gasteiger partial charge in [0.25, 0.3) is 0 Å². The van der Waals surface area contributed by atoms with Crippen molar-refractivity contribution >= 4 is 0 Å². The Balaban J connectivity index is 1.84. The Labute approximate surface area is 144 Å². The summed E-state index contributed by atoms with van der Waals surface area (Å²) in [5.41, 5.74) is 3.26. The van der Waals surface area contributed by atoms with E-state index in [0.29, 0.717) is 11.8 Å². The highest BCUT2D eigenvalue weighted by molar-refractivity contribution is 5.56. The van der Waals surface area contributed by atoms with Crippen LogP contribution in [0.2, 0.25) is 0 Å². The molecule has 2 heterocycles. The van der Waals surface area contributed by atoms with E-state index in [-0.39, 0.29) is 5.41 Å². The molecule has 0 saturated heterocycles. The molecule has 24 heavy (non-hydrogen) atoms. The summed E-state index contributed by atoms with van der Waals surface area (Å²) < 4.78 is 0. The second-order valence-corrected chi connectivity index (χ2v) is 8.04. The summed E-state index contributed by atoms with van der Waals surface area (Å²) in [6.07, 6.45) is 5.80. The summed E-state index contributed by atoms with van der Waals surface area (Å²) in [6.45, 7) is 6.79. The van der Waals surface area contributed by atoms with Crippen LogP contribution < -0.4 is 0 Å². The second-order valence-electron chi connectivity index (χ2n) is 8.04. The first kappa shape index (κ1) is 15.8. The smallest absolute Gasteiger partial charge is 0.110 e. The molecule has 3 heteroatoms. The van der Waals surface area contributed by atoms with Gasteiger partial charge in [-0.3, -0.25) is 4.98 Å². The number of pyridine rings is 2. The zero-order valence-electron chi connectivity index (χ0n) is 14.8. The van der Waals surface area contributed by atoms with Crippen molar-refractivity contribution < 1.29 is 5.11 Å². The Hall–Kier alpha value is -1.74. The number of aromatic nitrogens is 2. The van der Waals surface area contributed by atoms with E-state index in [1.165, 1.54) is 5.56 Å². The molecule has 3 nitrogen and oxygen atoms in total. The minimum absolute atomic E-state index is 0.156. The lowest BCUT2D eigenvalue weighted by Gasteiger charge is -2.63. The molecule has 1 saturated carbocycles. The molecule has 0 unspecified atom stereocenters. The molecule has 0 aromatic carbocycles. The van der Waals surface area contributed by atoms with Gasteiger partial charge in [0.05, 0.1) is 17.1 Å². The quantitative estimate of drug-likeness (QED) is 0.890. The Bertz CT molecular complexity index is 756. The van der Waals surface area contributed by atoms with E-state index in [2.05, 4.69) is 37.9 Å². The molecule has 3 atom stereocenters. The molecule has 1 fully saturated rings. The molecule has 3 aliphatic carbocycles. The van der Waals surface area contributed by atoms with Crippen LogP contribution in [0.3, 0.4) is 0 Å². The van der Waals surface area contributed by atoms with Gasteiger partial charge in [-0.05, 0) is 53.9 Å². The molecule has 2 aromatic rings. The fourth-order valence-corrected chi connectivity index (χ4v) is 4.92. The molecule has 0 aliphatic heterocycles. The lowest BCUT2D eigenvalue weighted by molar-refractivity contribution is -0.164. The maximum atomic E-state index is 11.7. The highest BCUT2D eigenvalue weighted by Gasteiger charge is 2.63. The highest BCUT2D eigenvalue weighted by Crippen LogP contribution is 2.68. The summed E-state index contributed by atoms with van der Waals surface area (Å²) >= 11 is 0. The maximum Gasteiger partial charge on any atom is 0.110 e. The van der Waals surface area contributed by atoms with Crippen molar-refractivity contribution in [3.8, 4) is 11.4 Å². The van der Waals surface area contributed by atoms with Crippen molar-refractivity contribution in [1.29, 1.82) is 0 Å². The van der Waals surface area contributed by atoms with Crippen molar-refractivity contribution in [1.82, 2.24) is 9.97 Å². The summed E-state index contributed by atoms with van der Waals surface area (Å²) in [5.74, 6) is 0.824. The summed E-state index contributed by atoms with van der Waals surface area (Å²) in [5, 5.41) is 11.7. The minimum atomic E-state index is -0.797. The largest absolute Gasteiger partial charge is 0.383 e. The van der Waals surface area contributed by atoms with Crippen molar-refractivity contribution in [2.45, 2.75) is 58.0 Å². The van der Waals surface area contributed by atoms with Crippen LogP contribution in [0.25, 0.3) is 11.4 Å². The van der Waals surface area contributed by atoms with Crippen LogP contribution in [-0.4, -0.2) is 15.1 Å². The van der Waals surface area contributed by atoms with Gasteiger partial charge >= 0.3 is 0 Å². The third-order valence-corrected chi connectivity index (χ3v) is 6.39. The maximum absolute atomic E-state index is 11.7. The molecule has 5 rings (SSSR count). The zero-order chi connectivity index (χ0) is 16.9. The first-order valence-corrected chi connectivity index (χ1v) is 9.13. The van der Waals surface area contributed by atoms with E-state index < -0.39 is 5.60 Å². The number of hydrogen-bond donors (Lipinski definition) is 1. The molecule has 126 valence electrons. The average molecular weight is 322 g/mol. The standard InChI is InChI=1S/C21H26N2O/c1-4-5-11-21(24)18-13-15(20(18,2)3)14-9-10-17(23-19(14)21)16-8-6-7-12-22-16/h6-10,12,15,18,24H,4-5,11,13H2,1-3H3/t15-,18-,21+/m1/s1. The van der Waals surface area contributed by atoms with Crippen molar-refractivity contribution in [2.75, 3.05) is 0 Å². The molecular formula is C21H26N2O. The first-order chi connectivity index (χ1) is 11.5. The molecule has 0 amide bonds. The van der Waals surface area contributed by atoms with Gasteiger partial charge in [0, 0.05) is 6.20 Å². The lowest BCUT2D eigenvalue weighted by atomic mass is 9.43. The van der Waals surface area contributed by atoms with Crippen LogP contribution >= 0.6 is 0 Å². The molecule has 0 spiro atoms. The number of nitrogens with zero attached hydrogens (tertiary/aromatic N) is 2. The van der Waals surface area contributed by atoms with Crippen LogP contribution in [0, 0.1) is 11.3 Å². The summed E-state index contributed by atoms with van der Waals surface area (Å²) in [7, 11) is 0. The van der Waals surface area contributed by atoms with E-state index in [4.69, 9.17) is 4.98 Å². The molecule has 3 aliphatic rings. The fourth-order valence-electron chi connectivity index (χ4n) is 4.92. The van der Waals surface area contributed by atoms with Crippen LogP contribution in [0.5, 0.6) is 0 Å². The topological polar surface area (TPSA) is 46.0 Å². The second kappa shape index (κ2) is 5.38. The van der Waals surface area contributed by atoms with Crippen LogP contribution in [0.1, 0.15) is 63.6 Å². The SMILES string of the molecule is CCCC[C@@]1(O)c2nc(-c3ccccn3)ccc2[C@H]2C[C@@H]1C2(C)C. The van der Waals surface area contributed by atoms with Gasteiger partial charge in [-0.2, -0.15) is 0 Å². The van der Waals surface area contributed by atoms with E-state index in [1.807, 2.05) is 18.2 Å². The Morgan fingerprint density at radius 1 is 1.17 bits per heavy atom. The Morgan fingerprint density at radius 2 is 2.00 bits per heavy atom. The summed E-state index contributed by atoms with van der Waals surface area (Å²) in [6, 6.07) is 10.1. The van der Waals surface area contributed by atoms with E-state index in [1.54, 1.807) is 6.20 Å². The average Bonchev–Trinajstić information content (AvgIpc) is 2.60. The molecule has 0 radical (unpaired) electrons. The Morgan fingerprint density at radius 3 is 2.67 bits per heavy atom. The van der Waals surface area contributed by atoms with Gasteiger partial charge < -0.3 is 5.11 Å². The van der Waals surface area contributed by atoms with Gasteiger partial charge in [-0.1, -0.05) is 45.7 Å². The van der Waals surface area contributed by atoms with Gasteiger partial charge in [0.2, 0.25) is 0 Å². The molecular weight excluding hydrogens is 296 g/mol. The van der Waals surface area contributed by atoms with Crippen LogP contribution in [0.4, 0.5) is 0 Å². The lowest BCUT2D eigenvalue weighted by Crippen LogP contribution is -2.59. The number of rotatable bonds is 4. The van der Waals surface area contributed by atoms with Crippen molar-refractivity contribution in [2.24, 2.45) is 11.3 Å². The van der Waals surface area contributed by atoms with E-state index in [9.17, 15) is 5.11 Å². The van der Waals surface area contributed by atoms with Gasteiger partial charge in [-0.15, -0.1) is 0 Å². The Kier molecular flexibility index (Phi) is 3.54. The fraction of sp³-hybridized carbons (Fsp3) is 0.524. The van der Waals surface area contributed by atoms with Gasteiger partial charge in [-0.25, -0.2) is 4.98 Å². The number of aliphatic hydroxyl groups is 1. The van der Waals surface area contributed by atoms with Crippen LogP contribution in [0.15, 0.2) is 36.5 Å². The predicted molar refractivity (Wildman–Crippen MR) is 95.5 cm³/mol. The van der Waals surface area contributed by atoms with Crippen molar-refractivity contribution in [3.05, 3.63) is 47.8 Å². The minimum Gasteiger partial charge on any atom is -0.383 e. The van der Waals surface area contributed by atoms with E-state index >= 15 is 0 Å². The normalized spacial score (nSPS) is 29.7. The predicted octanol–water partition coefficient (Wildman–Crippen LogP) is 4.66. The first-order valence-electron chi connectivity index (χ1n) is 9.13.